The van der Waals surface area contributed by atoms with E-state index in [4.69, 9.17) is 0 Å². The summed E-state index contributed by atoms with van der Waals surface area (Å²) >= 11 is 0. The van der Waals surface area contributed by atoms with Gasteiger partial charge in [0.1, 0.15) is 0 Å². The zero-order valence-corrected chi connectivity index (χ0v) is 15.8. The highest BCUT2D eigenvalue weighted by atomic mass is 16.1. The molecule has 0 radical (unpaired) electrons. The lowest BCUT2D eigenvalue weighted by Crippen LogP contribution is -2.25. The molecule has 1 saturated carbocycles. The van der Waals surface area contributed by atoms with Crippen molar-refractivity contribution in [3.8, 4) is 11.1 Å². The fourth-order valence-electron chi connectivity index (χ4n) is 3.02. The highest BCUT2D eigenvalue weighted by Gasteiger charge is 2.23. The Hall–Kier alpha value is -2.68. The lowest BCUT2D eigenvalue weighted by Gasteiger charge is -2.12. The summed E-state index contributed by atoms with van der Waals surface area (Å²) in [5, 5.41) is 3.02. The minimum atomic E-state index is 0.0217. The first-order valence-corrected chi connectivity index (χ1v) is 9.07. The van der Waals surface area contributed by atoms with Gasteiger partial charge in [-0.25, -0.2) is 0 Å². The van der Waals surface area contributed by atoms with E-state index in [1.165, 1.54) is 0 Å². The molecule has 0 heterocycles. The Kier molecular flexibility index (Phi) is 5.08. The maximum absolute atomic E-state index is 12.2. The van der Waals surface area contributed by atoms with Crippen molar-refractivity contribution < 1.29 is 9.59 Å². The van der Waals surface area contributed by atoms with Crippen LogP contribution in [-0.4, -0.2) is 17.7 Å². The average Bonchev–Trinajstić information content (AvgIpc) is 3.41. The Balaban J connectivity index is 1.87. The number of carbonyl (C=O) groups excluding carboxylic acids is 2. The minimum Gasteiger partial charge on any atom is -0.350 e. The highest BCUT2D eigenvalue weighted by molar-refractivity contribution is 5.98. The Bertz CT molecular complexity index is 887. The number of carbonyl (C=O) groups is 2. The fraction of sp³-hybridized carbons (Fsp3) is 0.304. The molecule has 1 fully saturated rings. The number of hydrogen-bond acceptors (Lipinski definition) is 2. The smallest absolute Gasteiger partial charge is 0.247 e. The van der Waals surface area contributed by atoms with Crippen molar-refractivity contribution in [2.45, 2.75) is 46.6 Å². The van der Waals surface area contributed by atoms with Gasteiger partial charge in [-0.15, -0.1) is 0 Å². The van der Waals surface area contributed by atoms with Crippen LogP contribution in [-0.2, 0) is 4.79 Å². The van der Waals surface area contributed by atoms with Crippen molar-refractivity contribution in [1.82, 2.24) is 5.32 Å². The van der Waals surface area contributed by atoms with Gasteiger partial charge in [-0.1, -0.05) is 36.4 Å². The summed E-state index contributed by atoms with van der Waals surface area (Å²) in [6, 6.07) is 12.4. The maximum Gasteiger partial charge on any atom is 0.247 e. The van der Waals surface area contributed by atoms with Crippen molar-refractivity contribution in [2.24, 2.45) is 0 Å². The molecule has 3 heteroatoms. The molecule has 3 nitrogen and oxygen atoms in total. The second kappa shape index (κ2) is 7.28. The largest absolute Gasteiger partial charge is 0.350 e. The second-order valence-electron chi connectivity index (χ2n) is 7.23. The molecular weight excluding hydrogens is 322 g/mol. The molecule has 0 saturated heterocycles. The maximum atomic E-state index is 12.2. The van der Waals surface area contributed by atoms with Gasteiger partial charge in [0.2, 0.25) is 5.91 Å². The lowest BCUT2D eigenvalue weighted by molar-refractivity contribution is -0.117. The molecule has 1 amide bonds. The van der Waals surface area contributed by atoms with Gasteiger partial charge in [0.05, 0.1) is 0 Å². The number of rotatable bonds is 5. The Morgan fingerprint density at radius 1 is 1.00 bits per heavy atom. The van der Waals surface area contributed by atoms with Crippen LogP contribution in [0.15, 0.2) is 42.0 Å². The van der Waals surface area contributed by atoms with Crippen LogP contribution in [0.3, 0.4) is 0 Å². The first-order valence-electron chi connectivity index (χ1n) is 9.07. The molecule has 1 N–H and O–H groups in total. The van der Waals surface area contributed by atoms with E-state index in [-0.39, 0.29) is 11.7 Å². The lowest BCUT2D eigenvalue weighted by atomic mass is 9.93. The molecule has 2 aromatic carbocycles. The van der Waals surface area contributed by atoms with E-state index in [1.54, 1.807) is 6.92 Å². The van der Waals surface area contributed by atoms with Gasteiger partial charge in [0.25, 0.3) is 0 Å². The third kappa shape index (κ3) is 4.10. The molecule has 0 spiro atoms. The zero-order chi connectivity index (χ0) is 18.8. The predicted octanol–water partition coefficient (Wildman–Crippen LogP) is 4.85. The van der Waals surface area contributed by atoms with E-state index < -0.39 is 0 Å². The molecule has 2 aromatic rings. The van der Waals surface area contributed by atoms with Crippen molar-refractivity contribution in [3.05, 3.63) is 64.2 Å². The van der Waals surface area contributed by atoms with Crippen molar-refractivity contribution in [2.75, 3.05) is 0 Å². The van der Waals surface area contributed by atoms with E-state index >= 15 is 0 Å². The summed E-state index contributed by atoms with van der Waals surface area (Å²) in [5.41, 5.74) is 7.03. The molecule has 0 aromatic heterocycles. The molecule has 0 aliphatic heterocycles. The summed E-state index contributed by atoms with van der Waals surface area (Å²) in [4.78, 5) is 23.6. The highest BCUT2D eigenvalue weighted by Crippen LogP contribution is 2.28. The summed E-state index contributed by atoms with van der Waals surface area (Å²) in [6.45, 7) is 7.57. The molecule has 134 valence electrons. The van der Waals surface area contributed by atoms with Gasteiger partial charge in [-0.3, -0.25) is 9.59 Å². The molecule has 1 aliphatic rings. The van der Waals surface area contributed by atoms with Gasteiger partial charge in [0.15, 0.2) is 5.78 Å². The van der Waals surface area contributed by atoms with E-state index in [0.717, 1.165) is 51.8 Å². The number of Topliss-reactive ketones (excluding diaryl/α,β-unsaturated/α-hetero) is 1. The van der Waals surface area contributed by atoms with E-state index in [0.29, 0.717) is 6.04 Å². The average molecular weight is 347 g/mol. The first kappa shape index (κ1) is 18.1. The van der Waals surface area contributed by atoms with Crippen LogP contribution in [0.5, 0.6) is 0 Å². The first-order chi connectivity index (χ1) is 12.3. The van der Waals surface area contributed by atoms with Gasteiger partial charge in [-0.2, -0.15) is 0 Å². The molecule has 0 bridgehead atoms. The SMILES string of the molecule is CC(=O)c1ccc(-c2cc(C)c(/C=C(\C)C(=O)NC3CC3)cc2C)cc1. The Morgan fingerprint density at radius 3 is 2.23 bits per heavy atom. The van der Waals surface area contributed by atoms with Crippen molar-refractivity contribution in [1.29, 1.82) is 0 Å². The fourth-order valence-corrected chi connectivity index (χ4v) is 3.02. The quantitative estimate of drug-likeness (QED) is 0.620. The second-order valence-corrected chi connectivity index (χ2v) is 7.23. The van der Waals surface area contributed by atoms with Gasteiger partial charge in [0, 0.05) is 17.2 Å². The van der Waals surface area contributed by atoms with E-state index in [2.05, 4.69) is 31.3 Å². The molecule has 0 atom stereocenters. The summed E-state index contributed by atoms with van der Waals surface area (Å²) in [6.07, 6.45) is 4.14. The normalized spacial score (nSPS) is 14.2. The Morgan fingerprint density at radius 2 is 1.65 bits per heavy atom. The summed E-state index contributed by atoms with van der Waals surface area (Å²) in [5.74, 6) is 0.0957. The number of benzene rings is 2. The third-order valence-corrected chi connectivity index (χ3v) is 4.86. The molecule has 26 heavy (non-hydrogen) atoms. The third-order valence-electron chi connectivity index (χ3n) is 4.86. The van der Waals surface area contributed by atoms with Crippen LogP contribution >= 0.6 is 0 Å². The van der Waals surface area contributed by atoms with E-state index in [1.807, 2.05) is 37.3 Å². The van der Waals surface area contributed by atoms with Crippen molar-refractivity contribution in [3.63, 3.8) is 0 Å². The molecular formula is C23H25NO2. The van der Waals surface area contributed by atoms with E-state index in [9.17, 15) is 9.59 Å². The van der Waals surface area contributed by atoms with Crippen LogP contribution in [0.2, 0.25) is 0 Å². The molecule has 0 unspecified atom stereocenters. The van der Waals surface area contributed by atoms with Crippen LogP contribution in [0.25, 0.3) is 17.2 Å². The summed E-state index contributed by atoms with van der Waals surface area (Å²) < 4.78 is 0. The van der Waals surface area contributed by atoms with Gasteiger partial charge >= 0.3 is 0 Å². The standard InChI is InChI=1S/C23H25NO2/c1-14-13-22(19-7-5-18(6-8-19)17(4)25)15(2)11-20(14)12-16(3)23(26)24-21-9-10-21/h5-8,11-13,21H,9-10H2,1-4H3,(H,24,26)/b16-12+. The zero-order valence-electron chi connectivity index (χ0n) is 15.8. The van der Waals surface area contributed by atoms with Gasteiger partial charge < -0.3 is 5.32 Å². The number of hydrogen-bond donors (Lipinski definition) is 1. The van der Waals surface area contributed by atoms with Crippen molar-refractivity contribution >= 4 is 17.8 Å². The van der Waals surface area contributed by atoms with Crippen LogP contribution in [0.1, 0.15) is 53.7 Å². The number of amides is 1. The number of aryl methyl sites for hydroxylation is 2. The van der Waals surface area contributed by atoms with Crippen LogP contribution in [0.4, 0.5) is 0 Å². The molecule has 1 aliphatic carbocycles. The summed E-state index contributed by atoms with van der Waals surface area (Å²) in [7, 11) is 0. The Labute approximate surface area is 155 Å². The van der Waals surface area contributed by atoms with Crippen LogP contribution in [0, 0.1) is 13.8 Å². The predicted molar refractivity (Wildman–Crippen MR) is 106 cm³/mol. The minimum absolute atomic E-state index is 0.0217. The monoisotopic (exact) mass is 347 g/mol. The number of ketones is 1. The van der Waals surface area contributed by atoms with Gasteiger partial charge in [-0.05, 0) is 74.4 Å². The number of nitrogens with one attached hydrogen (secondary N) is 1. The van der Waals surface area contributed by atoms with Crippen LogP contribution < -0.4 is 5.32 Å². The topological polar surface area (TPSA) is 46.2 Å². The molecule has 3 rings (SSSR count).